The van der Waals surface area contributed by atoms with E-state index < -0.39 is 0 Å². The zero-order valence-electron chi connectivity index (χ0n) is 14.2. The van der Waals surface area contributed by atoms with Gasteiger partial charge in [-0.1, -0.05) is 23.4 Å². The van der Waals surface area contributed by atoms with Gasteiger partial charge in [-0.2, -0.15) is 5.26 Å². The summed E-state index contributed by atoms with van der Waals surface area (Å²) in [4.78, 5) is 0. The second kappa shape index (κ2) is 8.75. The number of nitrogens with zero attached hydrogens (tertiary/aromatic N) is 4. The number of ether oxygens (including phenoxy) is 1. The van der Waals surface area contributed by atoms with Crippen LogP contribution in [0.2, 0.25) is 5.02 Å². The highest BCUT2D eigenvalue weighted by atomic mass is 35.5. The van der Waals surface area contributed by atoms with Gasteiger partial charge in [0.05, 0.1) is 18.2 Å². The van der Waals surface area contributed by atoms with Crippen LogP contribution in [0.3, 0.4) is 0 Å². The van der Waals surface area contributed by atoms with Crippen LogP contribution in [0, 0.1) is 11.3 Å². The highest BCUT2D eigenvalue weighted by Gasteiger charge is 2.13. The summed E-state index contributed by atoms with van der Waals surface area (Å²) >= 11 is 7.56. The third-order valence-electron chi connectivity index (χ3n) is 3.70. The molecule has 0 radical (unpaired) electrons. The van der Waals surface area contributed by atoms with Gasteiger partial charge in [0.2, 0.25) is 0 Å². The predicted molar refractivity (Wildman–Crippen MR) is 104 cm³/mol. The van der Waals surface area contributed by atoms with Crippen LogP contribution in [0.25, 0.3) is 11.4 Å². The van der Waals surface area contributed by atoms with E-state index in [1.807, 2.05) is 24.3 Å². The minimum absolute atomic E-state index is 0.545. The first kappa shape index (κ1) is 18.3. The van der Waals surface area contributed by atoms with Crippen molar-refractivity contribution < 1.29 is 4.74 Å². The molecule has 0 unspecified atom stereocenters. The molecule has 0 fully saturated rings. The van der Waals surface area contributed by atoms with E-state index in [9.17, 15) is 0 Å². The molecule has 0 saturated heterocycles. The zero-order valence-corrected chi connectivity index (χ0v) is 15.8. The van der Waals surface area contributed by atoms with Gasteiger partial charge in [-0.05, 0) is 55.5 Å². The highest BCUT2D eigenvalue weighted by Crippen LogP contribution is 2.25. The van der Waals surface area contributed by atoms with Gasteiger partial charge in [0.1, 0.15) is 5.75 Å². The third-order valence-corrected chi connectivity index (χ3v) is 4.89. The second-order valence-electron chi connectivity index (χ2n) is 5.39. The van der Waals surface area contributed by atoms with Gasteiger partial charge in [0, 0.05) is 22.9 Å². The average molecular weight is 385 g/mol. The van der Waals surface area contributed by atoms with Gasteiger partial charge in [-0.3, -0.25) is 0 Å². The van der Waals surface area contributed by atoms with Crippen molar-refractivity contribution in [1.29, 1.82) is 5.26 Å². The molecule has 2 aromatic carbocycles. The minimum Gasteiger partial charge on any atom is -0.493 e. The van der Waals surface area contributed by atoms with E-state index in [-0.39, 0.29) is 0 Å². The molecule has 0 aliphatic heterocycles. The number of aromatic nitrogens is 3. The lowest BCUT2D eigenvalue weighted by Crippen LogP contribution is -2.03. The molecule has 0 aliphatic rings. The summed E-state index contributed by atoms with van der Waals surface area (Å²) in [5, 5.41) is 19.0. The maximum Gasteiger partial charge on any atom is 0.191 e. The van der Waals surface area contributed by atoms with Crippen molar-refractivity contribution in [3.05, 3.63) is 59.1 Å². The molecular formula is C19H17ClN4OS. The first-order valence-corrected chi connectivity index (χ1v) is 9.52. The molecule has 26 heavy (non-hydrogen) atoms. The monoisotopic (exact) mass is 384 g/mol. The average Bonchev–Trinajstić information content (AvgIpc) is 3.09. The topological polar surface area (TPSA) is 63.7 Å². The fourth-order valence-electron chi connectivity index (χ4n) is 2.41. The Morgan fingerprint density at radius 2 is 1.85 bits per heavy atom. The fraction of sp³-hybridized carbons (Fsp3) is 0.211. The van der Waals surface area contributed by atoms with E-state index in [4.69, 9.17) is 21.6 Å². The normalized spacial score (nSPS) is 10.5. The molecule has 3 rings (SSSR count). The lowest BCUT2D eigenvalue weighted by molar-refractivity contribution is 0.344. The molecule has 5 nitrogen and oxygen atoms in total. The number of halogens is 1. The van der Waals surface area contributed by atoms with Crippen LogP contribution in [-0.2, 0) is 6.54 Å². The predicted octanol–water partition coefficient (Wildman–Crippen LogP) is 4.66. The van der Waals surface area contributed by atoms with Gasteiger partial charge in [-0.15, -0.1) is 10.2 Å². The maximum absolute atomic E-state index is 8.80. The lowest BCUT2D eigenvalue weighted by atomic mass is 10.2. The van der Waals surface area contributed by atoms with Gasteiger partial charge < -0.3 is 9.30 Å². The Kier molecular flexibility index (Phi) is 6.16. The molecular weight excluding hydrogens is 368 g/mol. The number of nitriles is 1. The van der Waals surface area contributed by atoms with E-state index in [2.05, 4.69) is 27.8 Å². The number of hydrogen-bond acceptors (Lipinski definition) is 5. The van der Waals surface area contributed by atoms with Crippen LogP contribution < -0.4 is 4.74 Å². The van der Waals surface area contributed by atoms with Crippen molar-refractivity contribution in [2.45, 2.75) is 18.6 Å². The van der Waals surface area contributed by atoms with E-state index in [0.29, 0.717) is 17.2 Å². The molecule has 0 amide bonds. The lowest BCUT2D eigenvalue weighted by Gasteiger charge is -2.08. The first-order chi connectivity index (χ1) is 12.7. The number of thioether (sulfide) groups is 1. The summed E-state index contributed by atoms with van der Waals surface area (Å²) in [6, 6.07) is 16.8. The SMILES string of the molecule is CCn1c(SCCOc2ccc(C#N)cc2)nnc1-c1ccc(Cl)cc1. The van der Waals surface area contributed by atoms with Crippen LogP contribution >= 0.6 is 23.4 Å². The smallest absolute Gasteiger partial charge is 0.191 e. The molecule has 0 bridgehead atoms. The van der Waals surface area contributed by atoms with Crippen molar-refractivity contribution in [2.75, 3.05) is 12.4 Å². The summed E-state index contributed by atoms with van der Waals surface area (Å²) < 4.78 is 7.78. The Bertz CT molecular complexity index is 901. The Morgan fingerprint density at radius 1 is 1.12 bits per heavy atom. The molecule has 1 aromatic heterocycles. The third kappa shape index (κ3) is 4.37. The Hall–Kier alpha value is -2.49. The molecule has 0 spiro atoms. The number of hydrogen-bond donors (Lipinski definition) is 0. The second-order valence-corrected chi connectivity index (χ2v) is 6.89. The van der Waals surface area contributed by atoms with Crippen molar-refractivity contribution in [3.63, 3.8) is 0 Å². The molecule has 7 heteroatoms. The molecule has 0 saturated carbocycles. The summed E-state index contributed by atoms with van der Waals surface area (Å²) in [5.41, 5.74) is 1.61. The highest BCUT2D eigenvalue weighted by molar-refractivity contribution is 7.99. The quantitative estimate of drug-likeness (QED) is 0.437. The molecule has 132 valence electrons. The van der Waals surface area contributed by atoms with Crippen LogP contribution in [-0.4, -0.2) is 27.1 Å². The number of benzene rings is 2. The van der Waals surface area contributed by atoms with Crippen molar-refractivity contribution >= 4 is 23.4 Å². The van der Waals surface area contributed by atoms with Gasteiger partial charge in [0.15, 0.2) is 11.0 Å². The largest absolute Gasteiger partial charge is 0.493 e. The zero-order chi connectivity index (χ0) is 18.4. The summed E-state index contributed by atoms with van der Waals surface area (Å²) in [5.74, 6) is 2.33. The van der Waals surface area contributed by atoms with Crippen LogP contribution in [0.5, 0.6) is 5.75 Å². The molecule has 1 heterocycles. The number of rotatable bonds is 7. The molecule has 0 N–H and O–H groups in total. The molecule has 0 aliphatic carbocycles. The maximum atomic E-state index is 8.80. The standard InChI is InChI=1S/C19H17ClN4OS/c1-2-24-18(15-5-7-16(20)8-6-15)22-23-19(24)26-12-11-25-17-9-3-14(13-21)4-10-17/h3-10H,2,11-12H2,1H3. The molecule has 0 atom stereocenters. The van der Waals surface area contributed by atoms with Crippen molar-refractivity contribution in [3.8, 4) is 23.2 Å². The molecule has 3 aromatic rings. The van der Waals surface area contributed by atoms with Gasteiger partial charge in [-0.25, -0.2) is 0 Å². The Balaban J connectivity index is 1.59. The summed E-state index contributed by atoms with van der Waals surface area (Å²) in [6.45, 7) is 3.40. The fourth-order valence-corrected chi connectivity index (χ4v) is 3.36. The summed E-state index contributed by atoms with van der Waals surface area (Å²) in [6.07, 6.45) is 0. The van der Waals surface area contributed by atoms with Gasteiger partial charge in [0.25, 0.3) is 0 Å². The van der Waals surface area contributed by atoms with E-state index >= 15 is 0 Å². The van der Waals surface area contributed by atoms with Crippen molar-refractivity contribution in [1.82, 2.24) is 14.8 Å². The first-order valence-electron chi connectivity index (χ1n) is 8.16. The van der Waals surface area contributed by atoms with Gasteiger partial charge >= 0.3 is 0 Å². The van der Waals surface area contributed by atoms with E-state index in [0.717, 1.165) is 34.6 Å². The van der Waals surface area contributed by atoms with Crippen LogP contribution in [0.15, 0.2) is 53.7 Å². The Morgan fingerprint density at radius 3 is 2.50 bits per heavy atom. The van der Waals surface area contributed by atoms with Crippen LogP contribution in [0.1, 0.15) is 12.5 Å². The van der Waals surface area contributed by atoms with E-state index in [1.165, 1.54) is 0 Å². The Labute approximate surface area is 161 Å². The van der Waals surface area contributed by atoms with E-state index in [1.54, 1.807) is 36.0 Å². The minimum atomic E-state index is 0.545. The van der Waals surface area contributed by atoms with Crippen molar-refractivity contribution in [2.24, 2.45) is 0 Å². The van der Waals surface area contributed by atoms with Crippen LogP contribution in [0.4, 0.5) is 0 Å². The summed E-state index contributed by atoms with van der Waals surface area (Å²) in [7, 11) is 0.